The molecule has 0 aliphatic heterocycles. The molecule has 6 aromatic rings. The molecule has 0 N–H and O–H groups in total. The van der Waals surface area contributed by atoms with Gasteiger partial charge in [-0.05, 0) is 70.6 Å². The number of rotatable bonds is 13. The summed E-state index contributed by atoms with van der Waals surface area (Å²) < 4.78 is 19.1. The van der Waals surface area contributed by atoms with Crippen molar-refractivity contribution in [2.24, 2.45) is 5.92 Å². The number of carbonyl (C=O) groups excluding carboxylic acids is 1. The predicted molar refractivity (Wildman–Crippen MR) is 194 cm³/mol. The first-order chi connectivity index (χ1) is 23.3. The first-order valence-corrected chi connectivity index (χ1v) is 16.5. The van der Waals surface area contributed by atoms with Crippen LogP contribution in [-0.4, -0.2) is 43.7 Å². The van der Waals surface area contributed by atoms with Gasteiger partial charge in [0.1, 0.15) is 28.7 Å². The minimum absolute atomic E-state index is 0.0531. The molecule has 1 amide bonds. The van der Waals surface area contributed by atoms with E-state index in [0.717, 1.165) is 52.3 Å². The molecular weight excluding hydrogens is 622 g/mol. The van der Waals surface area contributed by atoms with Gasteiger partial charge >= 0.3 is 6.41 Å². The molecule has 8 heteroatoms. The minimum Gasteiger partial charge on any atom is -0.496 e. The summed E-state index contributed by atoms with van der Waals surface area (Å²) in [6.07, 6.45) is 4.35. The lowest BCUT2D eigenvalue weighted by Gasteiger charge is -2.33. The van der Waals surface area contributed by atoms with Gasteiger partial charge in [-0.2, -0.15) is 0 Å². The van der Waals surface area contributed by atoms with Gasteiger partial charge in [0.2, 0.25) is 0 Å². The van der Waals surface area contributed by atoms with Crippen LogP contribution in [0.25, 0.3) is 27.5 Å². The van der Waals surface area contributed by atoms with Crippen molar-refractivity contribution >= 4 is 40.1 Å². The summed E-state index contributed by atoms with van der Waals surface area (Å²) in [5.41, 5.74) is 6.47. The second-order valence-corrected chi connectivity index (χ2v) is 12.9. The Labute approximate surface area is 286 Å². The Morgan fingerprint density at radius 3 is 2.27 bits per heavy atom. The van der Waals surface area contributed by atoms with Gasteiger partial charge in [-0.1, -0.05) is 74.0 Å². The molecule has 48 heavy (non-hydrogen) atoms. The maximum atomic E-state index is 13.4. The molecule has 7 nitrogen and oxygen atoms in total. The summed E-state index contributed by atoms with van der Waals surface area (Å²) >= 11 is 7.02. The second kappa shape index (κ2) is 14.1. The predicted octanol–water partition coefficient (Wildman–Crippen LogP) is 9.13. The van der Waals surface area contributed by atoms with E-state index in [4.69, 9.17) is 30.8 Å². The van der Waals surface area contributed by atoms with Gasteiger partial charge in [-0.25, -0.2) is 14.3 Å². The molecule has 0 fully saturated rings. The highest BCUT2D eigenvalue weighted by Gasteiger charge is 2.37. The zero-order valence-corrected chi connectivity index (χ0v) is 28.8. The van der Waals surface area contributed by atoms with Crippen LogP contribution in [-0.2, 0) is 17.8 Å². The molecule has 0 aliphatic carbocycles. The average molecular weight is 663 g/mol. The number of quaternary nitrogens is 1. The maximum absolute atomic E-state index is 13.4. The number of pyridine rings is 1. The summed E-state index contributed by atoms with van der Waals surface area (Å²) in [6.45, 7) is 5.14. The van der Waals surface area contributed by atoms with Crippen LogP contribution in [0.1, 0.15) is 37.2 Å². The van der Waals surface area contributed by atoms with E-state index < -0.39 is 0 Å². The molecule has 2 heterocycles. The molecular formula is C40H41ClN3O4+. The molecule has 0 bridgehead atoms. The van der Waals surface area contributed by atoms with Crippen molar-refractivity contribution in [3.63, 3.8) is 0 Å². The van der Waals surface area contributed by atoms with Crippen LogP contribution in [0, 0.1) is 5.92 Å². The quantitative estimate of drug-likeness (QED) is 0.0912. The smallest absolute Gasteiger partial charge is 0.306 e. The molecule has 6 rings (SSSR count). The molecule has 1 atom stereocenters. The number of hydrogen-bond acceptors (Lipinski definition) is 5. The monoisotopic (exact) mass is 662 g/mol. The molecule has 4 aromatic carbocycles. The van der Waals surface area contributed by atoms with Gasteiger partial charge in [0, 0.05) is 24.2 Å². The fourth-order valence-corrected chi connectivity index (χ4v) is 6.87. The first kappa shape index (κ1) is 33.1. The lowest BCUT2D eigenvalue weighted by molar-refractivity contribution is -0.118. The topological polar surface area (TPSA) is 62.1 Å². The Bertz CT molecular complexity index is 2090. The summed E-state index contributed by atoms with van der Waals surface area (Å²) in [5.74, 6) is 2.06. The molecule has 0 radical (unpaired) electrons. The Morgan fingerprint density at radius 1 is 0.833 bits per heavy atom. The average Bonchev–Trinajstić information content (AvgIpc) is 3.45. The summed E-state index contributed by atoms with van der Waals surface area (Å²) in [4.78, 5) is 18.5. The van der Waals surface area contributed by atoms with Crippen LogP contribution in [0.2, 0.25) is 5.02 Å². The van der Waals surface area contributed by atoms with Crippen molar-refractivity contribution in [3.05, 3.63) is 119 Å². The number of aromatic nitrogens is 2. The van der Waals surface area contributed by atoms with Crippen LogP contribution in [0.15, 0.2) is 97.2 Å². The van der Waals surface area contributed by atoms with Gasteiger partial charge in [-0.3, -0.25) is 0 Å². The van der Waals surface area contributed by atoms with Crippen molar-refractivity contribution in [2.75, 3.05) is 27.9 Å². The number of benzene rings is 4. The Hall–Kier alpha value is -4.85. The van der Waals surface area contributed by atoms with Crippen molar-refractivity contribution in [1.82, 2.24) is 13.9 Å². The SMILES string of the molecule is COc1ccc(-c2ccc3ccccc3c2)cc1Cc1c(C[N+](C=O)(CCC(C)C)c2ccc(OC)c(OC)c2Cl)nc2ccccn12. The summed E-state index contributed by atoms with van der Waals surface area (Å²) in [7, 11) is 4.82. The van der Waals surface area contributed by atoms with Crippen LogP contribution < -0.4 is 18.7 Å². The summed E-state index contributed by atoms with van der Waals surface area (Å²) in [5, 5.41) is 2.74. The number of carbonyl (C=O) groups is 1. The van der Waals surface area contributed by atoms with Crippen LogP contribution >= 0.6 is 11.6 Å². The van der Waals surface area contributed by atoms with Crippen LogP contribution in [0.5, 0.6) is 17.2 Å². The highest BCUT2D eigenvalue weighted by molar-refractivity contribution is 6.35. The van der Waals surface area contributed by atoms with Crippen molar-refractivity contribution in [3.8, 4) is 28.4 Å². The molecule has 246 valence electrons. The molecule has 0 saturated carbocycles. The Kier molecular flexibility index (Phi) is 9.71. The third-order valence-corrected chi connectivity index (χ3v) is 9.48. The highest BCUT2D eigenvalue weighted by atomic mass is 35.5. The fraction of sp³-hybridized carbons (Fsp3) is 0.250. The number of methoxy groups -OCH3 is 3. The molecule has 0 saturated heterocycles. The van der Waals surface area contributed by atoms with Crippen LogP contribution in [0.4, 0.5) is 5.69 Å². The highest BCUT2D eigenvalue weighted by Crippen LogP contribution is 2.45. The lowest BCUT2D eigenvalue weighted by Crippen LogP contribution is -2.49. The Morgan fingerprint density at radius 2 is 1.54 bits per heavy atom. The van der Waals surface area contributed by atoms with Gasteiger partial charge in [0.05, 0.1) is 33.6 Å². The van der Waals surface area contributed by atoms with Gasteiger partial charge in [-0.15, -0.1) is 0 Å². The largest absolute Gasteiger partial charge is 0.496 e. The summed E-state index contributed by atoms with van der Waals surface area (Å²) in [6, 6.07) is 30.9. The van der Waals surface area contributed by atoms with E-state index in [1.807, 2.05) is 36.5 Å². The zero-order chi connectivity index (χ0) is 33.8. The van der Waals surface area contributed by atoms with Gasteiger partial charge in [0.15, 0.2) is 17.2 Å². The number of amides is 1. The van der Waals surface area contributed by atoms with Gasteiger partial charge < -0.3 is 18.6 Å². The van der Waals surface area contributed by atoms with E-state index in [0.29, 0.717) is 47.6 Å². The molecule has 2 aromatic heterocycles. The van der Waals surface area contributed by atoms with E-state index in [1.54, 1.807) is 27.4 Å². The number of hydrogen-bond donors (Lipinski definition) is 0. The number of ether oxygens (including phenoxy) is 3. The number of nitrogens with zero attached hydrogens (tertiary/aromatic N) is 3. The Balaban J connectivity index is 1.47. The fourth-order valence-electron chi connectivity index (χ4n) is 6.46. The first-order valence-electron chi connectivity index (χ1n) is 16.2. The zero-order valence-electron chi connectivity index (χ0n) is 28.1. The van der Waals surface area contributed by atoms with E-state index in [2.05, 4.69) is 72.8 Å². The number of halogens is 1. The van der Waals surface area contributed by atoms with Crippen LogP contribution in [0.3, 0.4) is 0 Å². The molecule has 0 aliphatic rings. The number of imidazole rings is 1. The third-order valence-electron chi connectivity index (χ3n) is 9.12. The van der Waals surface area contributed by atoms with E-state index >= 15 is 0 Å². The second-order valence-electron chi connectivity index (χ2n) is 12.5. The molecule has 0 spiro atoms. The van der Waals surface area contributed by atoms with Crippen molar-refractivity contribution < 1.29 is 19.0 Å². The van der Waals surface area contributed by atoms with E-state index in [9.17, 15) is 4.79 Å². The van der Waals surface area contributed by atoms with Gasteiger partial charge in [0.25, 0.3) is 0 Å². The maximum Gasteiger partial charge on any atom is 0.306 e. The minimum atomic E-state index is -0.0531. The number of fused-ring (bicyclic) bond motifs is 2. The van der Waals surface area contributed by atoms with E-state index in [1.165, 1.54) is 10.8 Å². The van der Waals surface area contributed by atoms with E-state index in [-0.39, 0.29) is 4.48 Å². The third kappa shape index (κ3) is 6.36. The van der Waals surface area contributed by atoms with Crippen molar-refractivity contribution in [2.45, 2.75) is 33.2 Å². The normalized spacial score (nSPS) is 12.7. The lowest BCUT2D eigenvalue weighted by atomic mass is 9.97. The standard InChI is InChI=1S/C40H41ClN3O4/c1-27(2)19-21-44(26-45,35-16-18-37(47-4)40(48-5)39(35)41)25-33-34(43-20-9-8-12-38(43)42-33)24-32-23-31(15-17-36(32)46-3)30-14-13-28-10-6-7-11-29(28)22-30/h6-18,20,22-23,26-27H,19,21,24-25H2,1-5H3/q+1. The molecule has 1 unspecified atom stereocenters. The van der Waals surface area contributed by atoms with Crippen molar-refractivity contribution in [1.29, 1.82) is 0 Å².